The molecule has 17 nitrogen and oxygen atoms in total. The van der Waals surface area contributed by atoms with Gasteiger partial charge in [0.05, 0.1) is 6.07 Å². The van der Waals surface area contributed by atoms with E-state index in [4.69, 9.17) is 40.1 Å². The molecule has 0 aromatic heterocycles. The molecule has 3 rings (SSSR count). The molecule has 3 fully saturated rings. The van der Waals surface area contributed by atoms with Crippen molar-refractivity contribution >= 4 is 56.7 Å². The predicted octanol–water partition coefficient (Wildman–Crippen LogP) is -8.55. The number of halogens is 4. The molecule has 3 heterocycles. The van der Waals surface area contributed by atoms with Crippen LogP contribution in [0.5, 0.6) is 0 Å². The zero-order valence-electron chi connectivity index (χ0n) is 24.1. The van der Waals surface area contributed by atoms with Crippen molar-refractivity contribution in [2.24, 2.45) is 0 Å². The van der Waals surface area contributed by atoms with Gasteiger partial charge in [0.15, 0.2) is 0 Å². The van der Waals surface area contributed by atoms with E-state index in [1.165, 1.54) is 6.92 Å². The number of rotatable bonds is 6. The van der Waals surface area contributed by atoms with Crippen molar-refractivity contribution in [2.75, 3.05) is 68.6 Å². The molecule has 1 unspecified atom stereocenters. The molecule has 0 spiro atoms. The summed E-state index contributed by atoms with van der Waals surface area (Å²) in [7, 11) is 1.56. The molecule has 3 aliphatic heterocycles. The van der Waals surface area contributed by atoms with Crippen LogP contribution >= 0.6 is 50.2 Å². The molecule has 41 heavy (non-hydrogen) atoms. The van der Waals surface area contributed by atoms with E-state index >= 15 is 0 Å². The van der Waals surface area contributed by atoms with Gasteiger partial charge in [0.1, 0.15) is 5.62 Å². The van der Waals surface area contributed by atoms with Crippen LogP contribution < -0.4 is 81.3 Å². The third-order valence-corrected chi connectivity index (χ3v) is 8.05. The van der Waals surface area contributed by atoms with Gasteiger partial charge in [0, 0.05) is 47.3 Å². The molecule has 0 aromatic rings. The minimum Gasteiger partial charge on any atom is -1.00 e. The molecule has 0 aliphatic carbocycles. The fourth-order valence-corrected chi connectivity index (χ4v) is 3.28. The van der Waals surface area contributed by atoms with Crippen LogP contribution in [0.2, 0.25) is 0 Å². The summed E-state index contributed by atoms with van der Waals surface area (Å²) in [6.45, 7) is 5.27. The van der Waals surface area contributed by atoms with Gasteiger partial charge in [0.25, 0.3) is 13.9 Å². The second-order valence-electron chi connectivity index (χ2n) is 7.03. The van der Waals surface area contributed by atoms with Crippen molar-refractivity contribution in [1.29, 1.82) is 5.26 Å². The summed E-state index contributed by atoms with van der Waals surface area (Å²) >= 11 is 17.6. The summed E-state index contributed by atoms with van der Waals surface area (Å²) in [5, 5.41) is 10.9. The van der Waals surface area contributed by atoms with Crippen LogP contribution in [-0.2, 0) is 47.3 Å². The van der Waals surface area contributed by atoms with Gasteiger partial charge in [-0.3, -0.25) is 38.4 Å². The number of phosphoric ester groups is 1. The molecule has 0 bridgehead atoms. The maximum absolute atomic E-state index is 10.6. The fraction of sp³-hybridized carbons (Fsp3) is 0.875. The van der Waals surface area contributed by atoms with Crippen LogP contribution in [0.3, 0.4) is 0 Å². The largest absolute Gasteiger partial charge is 1.00 e. The van der Waals surface area contributed by atoms with Gasteiger partial charge in [-0.2, -0.15) is 15.0 Å². The Morgan fingerprint density at radius 3 is 1.49 bits per heavy atom. The SMILES string of the molecule is CC#N.CN1CCN(C)C1(Cl)Cl.CN1CCN(C)C1Cl.COP(=O)([O-])OC.O=COOP(=O)([O-])C1OOO1.[Cl-].[Na+].[Na+]. The summed E-state index contributed by atoms with van der Waals surface area (Å²) < 4.78 is 31.1. The van der Waals surface area contributed by atoms with Gasteiger partial charge in [-0.25, -0.2) is 0 Å². The molecule has 1 atom stereocenters. The number of alkyl halides is 3. The van der Waals surface area contributed by atoms with Gasteiger partial charge in [0.2, 0.25) is 12.2 Å². The molecule has 0 amide bonds. The van der Waals surface area contributed by atoms with Gasteiger partial charge in [-0.05, 0) is 28.2 Å². The van der Waals surface area contributed by atoms with Gasteiger partial charge >= 0.3 is 65.6 Å². The number of hydrogen-bond donors (Lipinski definition) is 0. The smallest absolute Gasteiger partial charge is 1.00 e. The first kappa shape index (κ1) is 52.6. The number of carbonyl (C=O) groups is 1. The van der Waals surface area contributed by atoms with Crippen LogP contribution in [0.4, 0.5) is 0 Å². The van der Waals surface area contributed by atoms with E-state index in [-0.39, 0.29) is 83.6 Å². The van der Waals surface area contributed by atoms with Crippen molar-refractivity contribution in [3.63, 3.8) is 0 Å². The quantitative estimate of drug-likeness (QED) is 0.0474. The van der Waals surface area contributed by atoms with E-state index in [1.54, 1.807) is 6.07 Å². The third-order valence-electron chi connectivity index (χ3n) is 4.36. The van der Waals surface area contributed by atoms with Crippen LogP contribution in [0.1, 0.15) is 6.92 Å². The summed E-state index contributed by atoms with van der Waals surface area (Å²) in [5.74, 6) is 0. The summed E-state index contributed by atoms with van der Waals surface area (Å²) in [6.07, 6.45) is 0. The van der Waals surface area contributed by atoms with Crippen LogP contribution in [0, 0.1) is 11.3 Å². The maximum Gasteiger partial charge on any atom is 1.00 e. The average Bonchev–Trinajstić information content (AvgIpc) is 3.24. The average molecular weight is 736 g/mol. The Balaban J connectivity index is -0.000000134. The Morgan fingerprint density at radius 1 is 0.976 bits per heavy atom. The number of likely N-dealkylation sites (N-methyl/N-ethyl adjacent to an activating group) is 4. The van der Waals surface area contributed by atoms with E-state index in [0.717, 1.165) is 40.4 Å². The minimum absolute atomic E-state index is 0. The molecule has 3 saturated heterocycles. The van der Waals surface area contributed by atoms with Crippen molar-refractivity contribution < 1.29 is 129 Å². The van der Waals surface area contributed by atoms with Crippen LogP contribution in [0.25, 0.3) is 0 Å². The Kier molecular flexibility index (Phi) is 35.0. The van der Waals surface area contributed by atoms with Gasteiger partial charge in [-0.1, -0.05) is 39.8 Å². The molecular formula is C16H32Cl4N5Na2O12P2-. The number of phosphoric acid groups is 1. The summed E-state index contributed by atoms with van der Waals surface area (Å²) in [5.41, 5.74) is 0.120. The molecule has 234 valence electrons. The second kappa shape index (κ2) is 27.2. The standard InChI is InChI=1S/C5H10Cl2N2.C5H11ClN2.C2H3N.C2H3O8P.C2H7O4P.ClH.2Na/c1-8-3-4-9(2)5(8,6)7;1-7-3-4-8(2)5(7)6;1-2-3;3-1-6-10-11(4,5)2-7-9-8-2;1-5-7(3,4)6-2;;;/h3-4H2,1-2H3;5H,3-4H2,1-2H3;1H3;1-2H,(H,4,5);1-2H3,(H,3,4);1H;;/q;;;;;;2*+1/p-3. The first-order valence-corrected chi connectivity index (χ1v) is 14.4. The number of nitriles is 1. The predicted molar refractivity (Wildman–Crippen MR) is 130 cm³/mol. The molecule has 25 heteroatoms. The summed E-state index contributed by atoms with van der Waals surface area (Å²) in [4.78, 5) is 49.2. The zero-order valence-corrected chi connectivity index (χ0v) is 32.9. The normalized spacial score (nSPS) is 20.3. The van der Waals surface area contributed by atoms with Crippen molar-refractivity contribution in [3.8, 4) is 6.07 Å². The number of nitrogens with zero attached hydrogens (tertiary/aromatic N) is 5. The summed E-state index contributed by atoms with van der Waals surface area (Å²) in [6, 6.07) is 0.0717. The fourth-order valence-electron chi connectivity index (χ4n) is 2.09. The molecule has 0 N–H and O–H groups in total. The Morgan fingerprint density at radius 2 is 1.34 bits per heavy atom. The molecule has 3 aliphatic rings. The van der Waals surface area contributed by atoms with Crippen molar-refractivity contribution in [1.82, 2.24) is 19.6 Å². The first-order chi connectivity index (χ1) is 17.5. The van der Waals surface area contributed by atoms with Crippen LogP contribution in [0.15, 0.2) is 0 Å². The molecule has 0 radical (unpaired) electrons. The Hall–Kier alpha value is 2.10. The van der Waals surface area contributed by atoms with E-state index in [1.807, 2.05) is 38.0 Å². The van der Waals surface area contributed by atoms with E-state index in [9.17, 15) is 23.7 Å². The van der Waals surface area contributed by atoms with Gasteiger partial charge in [-0.15, -0.1) is 4.67 Å². The Labute approximate surface area is 305 Å². The van der Waals surface area contributed by atoms with Gasteiger partial charge < -0.3 is 31.2 Å². The zero-order chi connectivity index (χ0) is 30.2. The molecule has 0 saturated carbocycles. The maximum atomic E-state index is 10.6. The number of hydrogen-bond acceptors (Lipinski definition) is 17. The number of carbonyl (C=O) groups excluding carboxylic acids is 1. The third kappa shape index (κ3) is 22.3. The topological polar surface area (TPSA) is 199 Å². The van der Waals surface area contributed by atoms with E-state index in [0.29, 0.717) is 0 Å². The van der Waals surface area contributed by atoms with E-state index < -0.39 is 26.0 Å². The monoisotopic (exact) mass is 734 g/mol. The molecular weight excluding hydrogens is 704 g/mol. The second-order valence-corrected chi connectivity index (χ2v) is 11.9. The first-order valence-electron chi connectivity index (χ1n) is 10.1. The molecule has 0 aromatic carbocycles. The van der Waals surface area contributed by atoms with Crippen LogP contribution in [-0.4, -0.2) is 111 Å². The Bertz CT molecular complexity index is 796. The van der Waals surface area contributed by atoms with Crippen molar-refractivity contribution in [3.05, 3.63) is 0 Å². The van der Waals surface area contributed by atoms with Crippen molar-refractivity contribution in [2.45, 2.75) is 23.2 Å². The minimum atomic E-state index is -4.49. The van der Waals surface area contributed by atoms with E-state index in [2.05, 4.69) is 43.2 Å².